The number of ketones is 1. The zero-order chi connectivity index (χ0) is 22.5. The molecule has 0 saturated carbocycles. The van der Waals surface area contributed by atoms with E-state index in [4.69, 9.17) is 9.47 Å². The number of carbonyl (C=O) groups excluding carboxylic acids is 4. The van der Waals surface area contributed by atoms with Crippen molar-refractivity contribution in [3.05, 3.63) is 53.6 Å². The van der Waals surface area contributed by atoms with Gasteiger partial charge in [-0.15, -0.1) is 0 Å². The molecule has 1 heterocycles. The first-order valence-electron chi connectivity index (χ1n) is 10.00. The number of amides is 2. The molecular weight excluding hydrogens is 400 g/mol. The number of esters is 1. The number of anilines is 2. The van der Waals surface area contributed by atoms with E-state index in [0.29, 0.717) is 34.9 Å². The summed E-state index contributed by atoms with van der Waals surface area (Å²) in [6.07, 6.45) is -0.0209. The third-order valence-corrected chi connectivity index (χ3v) is 4.72. The van der Waals surface area contributed by atoms with Gasteiger partial charge in [-0.3, -0.25) is 19.3 Å². The van der Waals surface area contributed by atoms with Crippen LogP contribution in [0.2, 0.25) is 0 Å². The monoisotopic (exact) mass is 424 g/mol. The normalized spacial score (nSPS) is 15.0. The van der Waals surface area contributed by atoms with E-state index in [9.17, 15) is 19.2 Å². The standard InChI is InChI=1S/C23H24N2O6/c1-4-11-30-23(29)16-5-8-18(9-6-16)24-21(27)13-25-19-12-17(14(2)26)7-10-20(19)31-15(3)22(25)28/h5-10,12,15H,4,11,13H2,1-3H3,(H,24,27). The lowest BCUT2D eigenvalue weighted by Crippen LogP contribution is -2.47. The van der Waals surface area contributed by atoms with E-state index in [-0.39, 0.29) is 18.2 Å². The second kappa shape index (κ2) is 9.42. The topological polar surface area (TPSA) is 102 Å². The third kappa shape index (κ3) is 5.09. The SMILES string of the molecule is CCCOC(=O)c1ccc(NC(=O)CN2C(=O)C(C)Oc3ccc(C(C)=O)cc32)cc1. The third-order valence-electron chi connectivity index (χ3n) is 4.72. The van der Waals surface area contributed by atoms with Crippen LogP contribution in [-0.2, 0) is 14.3 Å². The highest BCUT2D eigenvalue weighted by atomic mass is 16.5. The van der Waals surface area contributed by atoms with Gasteiger partial charge in [0.05, 0.1) is 17.9 Å². The molecule has 2 aromatic rings. The molecule has 1 N–H and O–H groups in total. The Morgan fingerprint density at radius 2 is 1.77 bits per heavy atom. The summed E-state index contributed by atoms with van der Waals surface area (Å²) >= 11 is 0. The number of benzene rings is 2. The summed E-state index contributed by atoms with van der Waals surface area (Å²) in [6.45, 7) is 5.03. The van der Waals surface area contributed by atoms with Gasteiger partial charge in [-0.2, -0.15) is 0 Å². The number of carbonyl (C=O) groups is 4. The summed E-state index contributed by atoms with van der Waals surface area (Å²) in [6, 6.07) is 11.1. The van der Waals surface area contributed by atoms with Crippen LogP contribution in [0.25, 0.3) is 0 Å². The Kier molecular flexibility index (Phi) is 6.69. The summed E-state index contributed by atoms with van der Waals surface area (Å²) < 4.78 is 10.7. The Morgan fingerprint density at radius 1 is 1.10 bits per heavy atom. The summed E-state index contributed by atoms with van der Waals surface area (Å²) in [5, 5.41) is 2.71. The molecule has 2 amide bonds. The zero-order valence-electron chi connectivity index (χ0n) is 17.6. The summed E-state index contributed by atoms with van der Waals surface area (Å²) in [4.78, 5) is 50.2. The van der Waals surface area contributed by atoms with E-state index in [1.165, 1.54) is 11.8 Å². The lowest BCUT2D eigenvalue weighted by molar-refractivity contribution is -0.127. The average molecular weight is 424 g/mol. The first-order valence-corrected chi connectivity index (χ1v) is 10.00. The smallest absolute Gasteiger partial charge is 0.338 e. The first kappa shape index (κ1) is 22.0. The van der Waals surface area contributed by atoms with Crippen LogP contribution < -0.4 is 15.0 Å². The van der Waals surface area contributed by atoms with Gasteiger partial charge in [0.1, 0.15) is 12.3 Å². The van der Waals surface area contributed by atoms with Gasteiger partial charge in [-0.1, -0.05) is 6.92 Å². The molecule has 3 rings (SSSR count). The Hall–Kier alpha value is -3.68. The fourth-order valence-corrected chi connectivity index (χ4v) is 3.10. The maximum absolute atomic E-state index is 12.6. The van der Waals surface area contributed by atoms with Crippen molar-refractivity contribution in [1.29, 1.82) is 0 Å². The van der Waals surface area contributed by atoms with Crippen LogP contribution >= 0.6 is 0 Å². The highest BCUT2D eigenvalue weighted by Gasteiger charge is 2.33. The minimum atomic E-state index is -0.753. The number of hydrogen-bond acceptors (Lipinski definition) is 6. The van der Waals surface area contributed by atoms with Crippen molar-refractivity contribution in [3.8, 4) is 5.75 Å². The van der Waals surface area contributed by atoms with Crippen LogP contribution in [0.5, 0.6) is 5.75 Å². The predicted molar refractivity (Wildman–Crippen MR) is 115 cm³/mol. The average Bonchev–Trinajstić information content (AvgIpc) is 2.75. The number of ether oxygens (including phenoxy) is 2. The summed E-state index contributed by atoms with van der Waals surface area (Å²) in [5.74, 6) is -0.957. The van der Waals surface area contributed by atoms with E-state index >= 15 is 0 Å². The zero-order valence-corrected chi connectivity index (χ0v) is 17.6. The minimum absolute atomic E-state index is 0.157. The quantitative estimate of drug-likeness (QED) is 0.541. The van der Waals surface area contributed by atoms with Gasteiger partial charge in [0, 0.05) is 11.3 Å². The summed E-state index contributed by atoms with van der Waals surface area (Å²) in [7, 11) is 0. The molecule has 0 aliphatic carbocycles. The van der Waals surface area contributed by atoms with Crippen molar-refractivity contribution in [1.82, 2.24) is 0 Å². The molecule has 0 radical (unpaired) electrons. The van der Waals surface area contributed by atoms with E-state index in [0.717, 1.165) is 6.42 Å². The fraction of sp³-hybridized carbons (Fsp3) is 0.304. The van der Waals surface area contributed by atoms with Gasteiger partial charge in [0.15, 0.2) is 11.9 Å². The molecule has 0 aromatic heterocycles. The van der Waals surface area contributed by atoms with E-state index in [1.807, 2.05) is 6.92 Å². The molecule has 1 atom stereocenters. The molecule has 8 nitrogen and oxygen atoms in total. The number of nitrogens with zero attached hydrogens (tertiary/aromatic N) is 1. The van der Waals surface area contributed by atoms with Crippen molar-refractivity contribution in [2.45, 2.75) is 33.3 Å². The molecule has 0 fully saturated rings. The first-order chi connectivity index (χ1) is 14.8. The Bertz CT molecular complexity index is 1020. The van der Waals surface area contributed by atoms with Crippen LogP contribution in [0.3, 0.4) is 0 Å². The molecule has 31 heavy (non-hydrogen) atoms. The molecule has 2 aromatic carbocycles. The highest BCUT2D eigenvalue weighted by molar-refractivity contribution is 6.07. The molecule has 8 heteroatoms. The highest BCUT2D eigenvalue weighted by Crippen LogP contribution is 2.35. The van der Waals surface area contributed by atoms with Crippen LogP contribution in [0.4, 0.5) is 11.4 Å². The molecule has 162 valence electrons. The van der Waals surface area contributed by atoms with Crippen molar-refractivity contribution >= 4 is 34.9 Å². The second-order valence-electron chi connectivity index (χ2n) is 7.18. The number of rotatable bonds is 7. The number of nitrogens with one attached hydrogen (secondary N) is 1. The summed E-state index contributed by atoms with van der Waals surface area (Å²) in [5.41, 5.74) is 1.65. The largest absolute Gasteiger partial charge is 0.479 e. The number of fused-ring (bicyclic) bond motifs is 1. The second-order valence-corrected chi connectivity index (χ2v) is 7.18. The predicted octanol–water partition coefficient (Wildman–Crippen LogP) is 3.21. The molecule has 0 spiro atoms. The molecule has 1 aliphatic rings. The van der Waals surface area contributed by atoms with Crippen molar-refractivity contribution in [2.24, 2.45) is 0 Å². The van der Waals surface area contributed by atoms with Gasteiger partial charge in [0.2, 0.25) is 5.91 Å². The molecule has 1 aliphatic heterocycles. The van der Waals surface area contributed by atoms with Crippen LogP contribution in [-0.4, -0.2) is 42.8 Å². The maximum Gasteiger partial charge on any atom is 0.338 e. The van der Waals surface area contributed by atoms with E-state index in [1.54, 1.807) is 49.4 Å². The number of Topliss-reactive ketones (excluding diaryl/α,β-unsaturated/α-hetero) is 1. The Morgan fingerprint density at radius 3 is 2.42 bits per heavy atom. The Balaban J connectivity index is 1.73. The lowest BCUT2D eigenvalue weighted by atomic mass is 10.1. The van der Waals surface area contributed by atoms with Crippen LogP contribution in [0.1, 0.15) is 47.9 Å². The molecular formula is C23H24N2O6. The van der Waals surface area contributed by atoms with E-state index < -0.39 is 18.0 Å². The van der Waals surface area contributed by atoms with Gasteiger partial charge in [0.25, 0.3) is 5.91 Å². The Labute approximate surface area is 180 Å². The van der Waals surface area contributed by atoms with Gasteiger partial charge < -0.3 is 14.8 Å². The maximum atomic E-state index is 12.6. The van der Waals surface area contributed by atoms with Crippen molar-refractivity contribution in [3.63, 3.8) is 0 Å². The van der Waals surface area contributed by atoms with Gasteiger partial charge in [-0.05, 0) is 62.7 Å². The fourth-order valence-electron chi connectivity index (χ4n) is 3.10. The van der Waals surface area contributed by atoms with Crippen molar-refractivity contribution < 1.29 is 28.7 Å². The molecule has 1 unspecified atom stereocenters. The van der Waals surface area contributed by atoms with E-state index in [2.05, 4.69) is 5.32 Å². The lowest BCUT2D eigenvalue weighted by Gasteiger charge is -2.32. The van der Waals surface area contributed by atoms with Gasteiger partial charge in [-0.25, -0.2) is 4.79 Å². The minimum Gasteiger partial charge on any atom is -0.479 e. The van der Waals surface area contributed by atoms with Crippen LogP contribution in [0.15, 0.2) is 42.5 Å². The molecule has 0 saturated heterocycles. The number of hydrogen-bond donors (Lipinski definition) is 1. The van der Waals surface area contributed by atoms with Crippen LogP contribution in [0, 0.1) is 0 Å². The van der Waals surface area contributed by atoms with Crippen molar-refractivity contribution in [2.75, 3.05) is 23.4 Å². The molecule has 0 bridgehead atoms. The van der Waals surface area contributed by atoms with Gasteiger partial charge >= 0.3 is 5.97 Å².